The first-order valence-corrected chi connectivity index (χ1v) is 6.71. The summed E-state index contributed by atoms with van der Waals surface area (Å²) in [5.41, 5.74) is -2.13. The predicted octanol–water partition coefficient (Wildman–Crippen LogP) is 0.579. The van der Waals surface area contributed by atoms with Crippen molar-refractivity contribution in [2.75, 3.05) is 6.61 Å². The van der Waals surface area contributed by atoms with Crippen LogP contribution in [0.15, 0.2) is 5.10 Å². The Morgan fingerprint density at radius 2 is 2.14 bits per heavy atom. The van der Waals surface area contributed by atoms with Crippen LogP contribution in [-0.2, 0) is 9.53 Å². The molecule has 1 atom stereocenters. The molecule has 1 aliphatic rings. The third-order valence-electron chi connectivity index (χ3n) is 2.71. The van der Waals surface area contributed by atoms with Crippen LogP contribution in [0, 0.1) is 0 Å². The molecule has 0 aromatic rings. The molecule has 1 fully saturated rings. The number of urea groups is 1. The van der Waals surface area contributed by atoms with Gasteiger partial charge in [-0.2, -0.15) is 5.01 Å². The van der Waals surface area contributed by atoms with Gasteiger partial charge in [-0.15, -0.1) is 14.7 Å². The maximum Gasteiger partial charge on any atom is 0.374 e. The lowest BCUT2D eigenvalue weighted by Gasteiger charge is -2.35. The van der Waals surface area contributed by atoms with Crippen LogP contribution in [0.4, 0.5) is 4.79 Å². The first-order valence-electron chi connectivity index (χ1n) is 6.37. The van der Waals surface area contributed by atoms with Gasteiger partial charge in [0.1, 0.15) is 0 Å². The van der Waals surface area contributed by atoms with Crippen molar-refractivity contribution in [3.63, 3.8) is 0 Å². The Kier molecular flexibility index (Phi) is 5.03. The number of carbonyl (C=O) groups is 2. The Morgan fingerprint density at radius 1 is 1.57 bits per heavy atom. The van der Waals surface area contributed by atoms with Crippen LogP contribution in [0.3, 0.4) is 0 Å². The highest BCUT2D eigenvalue weighted by atomic mass is 35.5. The standard InChI is InChI=1S/C11H21ClN6O3/c1-6-21-7-14-16-9(20)17(12)18(13)11(16,5)8(19)15-10(2,3)4/h7H,6,13H2,1-5H3,(H,15,19). The molecule has 1 unspecified atom stereocenters. The number of hydrogen-bond donors (Lipinski definition) is 2. The van der Waals surface area contributed by atoms with Gasteiger partial charge in [0.15, 0.2) is 6.40 Å². The van der Waals surface area contributed by atoms with Crippen LogP contribution in [0.2, 0.25) is 0 Å². The third-order valence-corrected chi connectivity index (χ3v) is 3.02. The topological polar surface area (TPSA) is 104 Å². The Bertz CT molecular complexity index is 452. The molecule has 3 N–H and O–H groups in total. The smallest absolute Gasteiger partial charge is 0.374 e. The average molecular weight is 321 g/mol. The Morgan fingerprint density at radius 3 is 2.62 bits per heavy atom. The summed E-state index contributed by atoms with van der Waals surface area (Å²) in [5.74, 6) is 5.23. The van der Waals surface area contributed by atoms with Gasteiger partial charge in [0.25, 0.3) is 5.91 Å². The van der Waals surface area contributed by atoms with Crippen molar-refractivity contribution in [1.82, 2.24) is 20.0 Å². The fourth-order valence-electron chi connectivity index (χ4n) is 1.60. The Balaban J connectivity index is 3.13. The second-order valence-electron chi connectivity index (χ2n) is 5.60. The van der Waals surface area contributed by atoms with Crippen LogP contribution in [0.5, 0.6) is 0 Å². The minimum Gasteiger partial charge on any atom is -0.482 e. The molecular weight excluding hydrogens is 300 g/mol. The molecule has 0 saturated carbocycles. The number of nitrogens with one attached hydrogen (secondary N) is 1. The minimum atomic E-state index is -1.61. The molecule has 0 radical (unpaired) electrons. The SMILES string of the molecule is CCOC=NN1C(=O)N(Cl)N(N)C1(C)C(=O)NC(C)(C)C. The quantitative estimate of drug-likeness (QED) is 0.341. The zero-order valence-electron chi connectivity index (χ0n) is 12.8. The Hall–Kier alpha value is -1.58. The van der Waals surface area contributed by atoms with Gasteiger partial charge in [-0.3, -0.25) is 4.79 Å². The number of carbonyl (C=O) groups excluding carboxylic acids is 2. The summed E-state index contributed by atoms with van der Waals surface area (Å²) in [4.78, 5) is 24.5. The molecule has 9 nitrogen and oxygen atoms in total. The highest BCUT2D eigenvalue weighted by Gasteiger charge is 2.58. The van der Waals surface area contributed by atoms with Gasteiger partial charge in [0.05, 0.1) is 6.61 Å². The molecule has 21 heavy (non-hydrogen) atoms. The third kappa shape index (κ3) is 3.36. The van der Waals surface area contributed by atoms with Crippen LogP contribution >= 0.6 is 11.8 Å². The van der Waals surface area contributed by atoms with Gasteiger partial charge in [0, 0.05) is 17.3 Å². The molecular formula is C11H21ClN6O3. The molecule has 0 aromatic carbocycles. The minimum absolute atomic E-state index is 0.368. The van der Waals surface area contributed by atoms with Crippen LogP contribution < -0.4 is 11.2 Å². The van der Waals surface area contributed by atoms with Crippen molar-refractivity contribution >= 4 is 30.1 Å². The molecule has 0 aromatic heterocycles. The van der Waals surface area contributed by atoms with Crippen molar-refractivity contribution in [2.24, 2.45) is 10.9 Å². The number of ether oxygens (including phenoxy) is 1. The monoisotopic (exact) mass is 320 g/mol. The first kappa shape index (κ1) is 17.5. The van der Waals surface area contributed by atoms with Gasteiger partial charge in [-0.25, -0.2) is 10.6 Å². The maximum atomic E-state index is 12.5. The molecule has 0 spiro atoms. The molecule has 120 valence electrons. The van der Waals surface area contributed by atoms with E-state index in [2.05, 4.69) is 10.4 Å². The summed E-state index contributed by atoms with van der Waals surface area (Å²) >= 11 is 5.77. The van der Waals surface area contributed by atoms with Gasteiger partial charge in [-0.05, 0) is 34.6 Å². The van der Waals surface area contributed by atoms with E-state index in [9.17, 15) is 9.59 Å². The summed E-state index contributed by atoms with van der Waals surface area (Å²) in [7, 11) is 0. The van der Waals surface area contributed by atoms with Gasteiger partial charge >= 0.3 is 6.03 Å². The highest BCUT2D eigenvalue weighted by Crippen LogP contribution is 2.31. The molecule has 1 heterocycles. The number of halogens is 1. The first-order chi connectivity index (χ1) is 9.55. The summed E-state index contributed by atoms with van der Waals surface area (Å²) in [6.07, 6.45) is 1.06. The highest BCUT2D eigenvalue weighted by molar-refractivity contribution is 6.21. The van der Waals surface area contributed by atoms with E-state index in [1.54, 1.807) is 27.7 Å². The number of nitrogens with zero attached hydrogens (tertiary/aromatic N) is 4. The molecule has 0 bridgehead atoms. The van der Waals surface area contributed by atoms with Crippen LogP contribution in [0.25, 0.3) is 0 Å². The van der Waals surface area contributed by atoms with Crippen LogP contribution in [-0.4, -0.2) is 50.8 Å². The van der Waals surface area contributed by atoms with E-state index >= 15 is 0 Å². The number of amides is 3. The predicted molar refractivity (Wildman–Crippen MR) is 77.4 cm³/mol. The van der Waals surface area contributed by atoms with E-state index in [0.717, 1.165) is 16.5 Å². The van der Waals surface area contributed by atoms with E-state index < -0.39 is 23.1 Å². The number of nitrogens with two attached hydrogens (primary N) is 1. The largest absolute Gasteiger partial charge is 0.482 e. The summed E-state index contributed by atoms with van der Waals surface area (Å²) in [6, 6.07) is -0.762. The zero-order chi connectivity index (χ0) is 16.4. The van der Waals surface area contributed by atoms with E-state index in [1.807, 2.05) is 0 Å². The van der Waals surface area contributed by atoms with E-state index in [-0.39, 0.29) is 0 Å². The lowest BCUT2D eigenvalue weighted by molar-refractivity contribution is -0.145. The zero-order valence-corrected chi connectivity index (χ0v) is 13.5. The van der Waals surface area contributed by atoms with Crippen molar-refractivity contribution in [2.45, 2.75) is 45.8 Å². The summed E-state index contributed by atoms with van der Waals surface area (Å²) in [5, 5.41) is 8.23. The number of hydrazone groups is 1. The number of hydrazine groups is 2. The molecule has 1 saturated heterocycles. The fourth-order valence-corrected chi connectivity index (χ4v) is 1.82. The molecule has 3 amide bonds. The van der Waals surface area contributed by atoms with E-state index in [0.29, 0.717) is 11.1 Å². The van der Waals surface area contributed by atoms with Crippen molar-refractivity contribution in [3.8, 4) is 0 Å². The average Bonchev–Trinajstić information content (AvgIpc) is 2.53. The Labute approximate surface area is 128 Å². The molecule has 0 aliphatic carbocycles. The normalized spacial score (nSPS) is 24.0. The van der Waals surface area contributed by atoms with Crippen molar-refractivity contribution in [3.05, 3.63) is 0 Å². The number of hydrogen-bond acceptors (Lipinski definition) is 6. The lowest BCUT2D eigenvalue weighted by atomic mass is 10.1. The van der Waals surface area contributed by atoms with E-state index in [4.69, 9.17) is 22.4 Å². The van der Waals surface area contributed by atoms with E-state index in [1.165, 1.54) is 6.92 Å². The van der Waals surface area contributed by atoms with Gasteiger partial charge in [-0.1, -0.05) is 0 Å². The molecule has 1 aliphatic heterocycles. The maximum absolute atomic E-state index is 12.5. The van der Waals surface area contributed by atoms with Crippen LogP contribution in [0.1, 0.15) is 34.6 Å². The van der Waals surface area contributed by atoms with Crippen molar-refractivity contribution in [1.29, 1.82) is 0 Å². The van der Waals surface area contributed by atoms with Gasteiger partial charge in [0.2, 0.25) is 5.66 Å². The lowest BCUT2D eigenvalue weighted by Crippen LogP contribution is -2.65. The number of rotatable bonds is 4. The molecule has 10 heteroatoms. The van der Waals surface area contributed by atoms with Crippen molar-refractivity contribution < 1.29 is 14.3 Å². The summed E-state index contributed by atoms with van der Waals surface area (Å²) < 4.78 is 5.54. The second kappa shape index (κ2) is 6.04. The molecule has 1 rings (SSSR count). The summed E-state index contributed by atoms with van der Waals surface area (Å²) in [6.45, 7) is 8.96. The fraction of sp³-hybridized carbons (Fsp3) is 0.727. The second-order valence-corrected chi connectivity index (χ2v) is 5.92. The van der Waals surface area contributed by atoms with Gasteiger partial charge < -0.3 is 10.1 Å².